The fourth-order valence-electron chi connectivity index (χ4n) is 3.08. The Morgan fingerprint density at radius 1 is 0.821 bits per heavy atom. The zero-order valence-electron chi connectivity index (χ0n) is 15.3. The first-order valence-electron chi connectivity index (χ1n) is 9.07. The Kier molecular flexibility index (Phi) is 6.49. The topological polar surface area (TPSA) is 83.5 Å². The van der Waals surface area contributed by atoms with Gasteiger partial charge in [0, 0.05) is 19.6 Å². The summed E-state index contributed by atoms with van der Waals surface area (Å²) in [4.78, 5) is 0.215. The molecule has 1 heterocycles. The number of halogens is 1. The number of benzene rings is 2. The summed E-state index contributed by atoms with van der Waals surface area (Å²) in [7, 11) is -7.10. The molecule has 2 aromatic rings. The van der Waals surface area contributed by atoms with Crippen molar-refractivity contribution in [3.63, 3.8) is 0 Å². The van der Waals surface area contributed by atoms with Crippen molar-refractivity contribution < 1.29 is 21.2 Å². The van der Waals surface area contributed by atoms with Crippen molar-refractivity contribution in [2.24, 2.45) is 0 Å². The van der Waals surface area contributed by atoms with Gasteiger partial charge in [-0.2, -0.15) is 4.31 Å². The van der Waals surface area contributed by atoms with Crippen LogP contribution < -0.4 is 4.72 Å². The monoisotopic (exact) mass is 426 g/mol. The first kappa shape index (κ1) is 20.9. The van der Waals surface area contributed by atoms with E-state index in [-0.39, 0.29) is 17.2 Å². The lowest BCUT2D eigenvalue weighted by atomic mass is 10.2. The van der Waals surface area contributed by atoms with Gasteiger partial charge in [-0.25, -0.2) is 25.9 Å². The predicted octanol–water partition coefficient (Wildman–Crippen LogP) is 2.62. The van der Waals surface area contributed by atoms with Gasteiger partial charge in [0.1, 0.15) is 5.82 Å². The highest BCUT2D eigenvalue weighted by Crippen LogP contribution is 2.21. The molecule has 0 atom stereocenters. The third-order valence-electron chi connectivity index (χ3n) is 4.64. The van der Waals surface area contributed by atoms with E-state index in [1.807, 2.05) is 0 Å². The molecule has 0 bridgehead atoms. The fourth-order valence-corrected chi connectivity index (χ4v) is 5.71. The average molecular weight is 427 g/mol. The number of piperidine rings is 1. The summed E-state index contributed by atoms with van der Waals surface area (Å²) < 4.78 is 66.5. The van der Waals surface area contributed by atoms with Crippen LogP contribution in [-0.4, -0.2) is 34.2 Å². The van der Waals surface area contributed by atoms with E-state index in [0.717, 1.165) is 19.3 Å². The van der Waals surface area contributed by atoms with E-state index in [2.05, 4.69) is 4.72 Å². The minimum atomic E-state index is -3.60. The van der Waals surface area contributed by atoms with E-state index in [9.17, 15) is 21.2 Å². The van der Waals surface area contributed by atoms with Gasteiger partial charge in [-0.15, -0.1) is 0 Å². The van der Waals surface area contributed by atoms with Crippen LogP contribution in [0.3, 0.4) is 0 Å². The molecule has 0 spiro atoms. The highest BCUT2D eigenvalue weighted by Gasteiger charge is 2.25. The van der Waals surface area contributed by atoms with Crippen molar-refractivity contribution in [3.05, 3.63) is 65.5 Å². The van der Waals surface area contributed by atoms with Crippen LogP contribution in [0.5, 0.6) is 0 Å². The molecule has 1 saturated heterocycles. The molecule has 6 nitrogen and oxygen atoms in total. The Bertz CT molecular complexity index is 999. The van der Waals surface area contributed by atoms with Crippen molar-refractivity contribution in [3.8, 4) is 0 Å². The van der Waals surface area contributed by atoms with E-state index >= 15 is 0 Å². The molecule has 152 valence electrons. The summed E-state index contributed by atoms with van der Waals surface area (Å²) in [6.45, 7) is 1.12. The molecule has 1 aliphatic rings. The standard InChI is InChI=1S/C19H23FN2O4S2/c20-18-8-4-17(5-9-18)15-27(23,24)21-14-16-6-10-19(11-7-16)28(25,26)22-12-2-1-3-13-22/h4-11,21H,1-3,12-15H2. The zero-order chi connectivity index (χ0) is 20.2. The summed E-state index contributed by atoms with van der Waals surface area (Å²) in [5.41, 5.74) is 1.14. The molecular weight excluding hydrogens is 403 g/mol. The smallest absolute Gasteiger partial charge is 0.212 e. The van der Waals surface area contributed by atoms with Gasteiger partial charge in [-0.05, 0) is 48.2 Å². The molecule has 1 aliphatic heterocycles. The number of hydrogen-bond donors (Lipinski definition) is 1. The summed E-state index contributed by atoms with van der Waals surface area (Å²) in [5, 5.41) is 0. The maximum atomic E-state index is 12.9. The number of hydrogen-bond acceptors (Lipinski definition) is 4. The van der Waals surface area contributed by atoms with Crippen LogP contribution in [0.25, 0.3) is 0 Å². The molecule has 0 amide bonds. The summed E-state index contributed by atoms with van der Waals surface area (Å²) in [6.07, 6.45) is 2.78. The molecule has 3 rings (SSSR count). The van der Waals surface area contributed by atoms with Crippen molar-refractivity contribution in [2.75, 3.05) is 13.1 Å². The molecular formula is C19H23FN2O4S2. The third-order valence-corrected chi connectivity index (χ3v) is 7.85. The van der Waals surface area contributed by atoms with Crippen LogP contribution in [0, 0.1) is 5.82 Å². The Balaban J connectivity index is 1.61. The van der Waals surface area contributed by atoms with Gasteiger partial charge in [0.15, 0.2) is 0 Å². The van der Waals surface area contributed by atoms with Gasteiger partial charge in [0.05, 0.1) is 10.6 Å². The molecule has 0 aromatic heterocycles. The summed E-state index contributed by atoms with van der Waals surface area (Å²) in [5.74, 6) is -0.678. The lowest BCUT2D eigenvalue weighted by molar-refractivity contribution is 0.346. The van der Waals surface area contributed by atoms with Gasteiger partial charge >= 0.3 is 0 Å². The lowest BCUT2D eigenvalue weighted by Gasteiger charge is -2.25. The molecule has 28 heavy (non-hydrogen) atoms. The molecule has 0 unspecified atom stereocenters. The zero-order valence-corrected chi connectivity index (χ0v) is 17.0. The maximum Gasteiger partial charge on any atom is 0.243 e. The van der Waals surface area contributed by atoms with Crippen LogP contribution in [0.15, 0.2) is 53.4 Å². The Morgan fingerprint density at radius 2 is 1.39 bits per heavy atom. The molecule has 0 aliphatic carbocycles. The van der Waals surface area contributed by atoms with Gasteiger partial charge in [-0.3, -0.25) is 0 Å². The van der Waals surface area contributed by atoms with Crippen LogP contribution >= 0.6 is 0 Å². The number of sulfonamides is 2. The second kappa shape index (κ2) is 8.69. The molecule has 1 N–H and O–H groups in total. The summed E-state index contributed by atoms with van der Waals surface area (Å²) in [6, 6.07) is 11.5. The largest absolute Gasteiger partial charge is 0.243 e. The molecule has 2 aromatic carbocycles. The third kappa shape index (κ3) is 5.38. The highest BCUT2D eigenvalue weighted by atomic mass is 32.2. The van der Waals surface area contributed by atoms with E-state index in [1.165, 1.54) is 40.7 Å². The van der Waals surface area contributed by atoms with Crippen molar-refractivity contribution >= 4 is 20.0 Å². The SMILES string of the molecule is O=S(=O)(Cc1ccc(F)cc1)NCc1ccc(S(=O)(=O)N2CCCCC2)cc1. The fraction of sp³-hybridized carbons (Fsp3) is 0.368. The van der Waals surface area contributed by atoms with Crippen LogP contribution in [0.4, 0.5) is 4.39 Å². The molecule has 0 saturated carbocycles. The first-order valence-corrected chi connectivity index (χ1v) is 12.2. The van der Waals surface area contributed by atoms with Crippen LogP contribution in [-0.2, 0) is 32.3 Å². The van der Waals surface area contributed by atoms with Crippen molar-refractivity contribution in [2.45, 2.75) is 36.5 Å². The van der Waals surface area contributed by atoms with Crippen molar-refractivity contribution in [1.82, 2.24) is 9.03 Å². The first-order chi connectivity index (χ1) is 13.3. The predicted molar refractivity (Wildman–Crippen MR) is 105 cm³/mol. The molecule has 1 fully saturated rings. The molecule has 0 radical (unpaired) electrons. The van der Waals surface area contributed by atoms with E-state index in [0.29, 0.717) is 24.2 Å². The minimum Gasteiger partial charge on any atom is -0.212 e. The molecule has 9 heteroatoms. The lowest BCUT2D eigenvalue weighted by Crippen LogP contribution is -2.35. The quantitative estimate of drug-likeness (QED) is 0.738. The normalized spacial score (nSPS) is 16.2. The Morgan fingerprint density at radius 3 is 2.00 bits per heavy atom. The number of nitrogens with one attached hydrogen (secondary N) is 1. The Hall–Kier alpha value is -1.81. The number of rotatable bonds is 7. The second-order valence-corrected chi connectivity index (χ2v) is 10.6. The van der Waals surface area contributed by atoms with Crippen LogP contribution in [0.1, 0.15) is 30.4 Å². The van der Waals surface area contributed by atoms with E-state index < -0.39 is 25.9 Å². The van der Waals surface area contributed by atoms with E-state index in [4.69, 9.17) is 0 Å². The number of nitrogens with zero attached hydrogens (tertiary/aromatic N) is 1. The Labute approximate surface area is 165 Å². The van der Waals surface area contributed by atoms with Crippen LogP contribution in [0.2, 0.25) is 0 Å². The van der Waals surface area contributed by atoms with E-state index in [1.54, 1.807) is 12.1 Å². The van der Waals surface area contributed by atoms with Gasteiger partial charge in [0.2, 0.25) is 20.0 Å². The minimum absolute atomic E-state index is 0.0492. The van der Waals surface area contributed by atoms with Gasteiger partial charge in [-0.1, -0.05) is 30.7 Å². The van der Waals surface area contributed by atoms with Gasteiger partial charge < -0.3 is 0 Å². The van der Waals surface area contributed by atoms with Gasteiger partial charge in [0.25, 0.3) is 0 Å². The highest BCUT2D eigenvalue weighted by molar-refractivity contribution is 7.89. The van der Waals surface area contributed by atoms with Crippen molar-refractivity contribution in [1.29, 1.82) is 0 Å². The summed E-state index contributed by atoms with van der Waals surface area (Å²) >= 11 is 0. The average Bonchev–Trinajstić information content (AvgIpc) is 2.69. The second-order valence-electron chi connectivity index (χ2n) is 6.82. The maximum absolute atomic E-state index is 12.9.